The van der Waals surface area contributed by atoms with E-state index >= 15 is 0 Å². The van der Waals surface area contributed by atoms with E-state index < -0.39 is 15.6 Å². The Kier molecular flexibility index (Phi) is 4.22. The van der Waals surface area contributed by atoms with Crippen LogP contribution in [0.3, 0.4) is 0 Å². The lowest BCUT2D eigenvalue weighted by Gasteiger charge is -2.18. The second-order valence-corrected chi connectivity index (χ2v) is 8.13. The summed E-state index contributed by atoms with van der Waals surface area (Å²) in [4.78, 5) is 8.12. The number of rotatable bonds is 5. The number of sulfonamides is 1. The van der Waals surface area contributed by atoms with Crippen LogP contribution in [-0.2, 0) is 22.0 Å². The van der Waals surface area contributed by atoms with E-state index in [0.717, 1.165) is 0 Å². The summed E-state index contributed by atoms with van der Waals surface area (Å²) in [5, 5.41) is 14.5. The zero-order valence-corrected chi connectivity index (χ0v) is 14.7. The molecule has 0 aromatic carbocycles. The standard InChI is InChI=1S/C14H21N5O4S/c1-4-11-16-13(23-17-11)14(20)5-6-19(8-14)24(21,22)12-7-18(9-15-12)10(2)3/h7,9-10,20H,4-6,8H2,1-3H3. The third kappa shape index (κ3) is 2.85. The Morgan fingerprint density at radius 1 is 1.46 bits per heavy atom. The van der Waals surface area contributed by atoms with Gasteiger partial charge >= 0.3 is 0 Å². The Morgan fingerprint density at radius 3 is 2.79 bits per heavy atom. The summed E-state index contributed by atoms with van der Waals surface area (Å²) in [7, 11) is -3.78. The van der Waals surface area contributed by atoms with Gasteiger partial charge in [-0.1, -0.05) is 12.1 Å². The molecule has 1 aliphatic rings. The Hall–Kier alpha value is -1.78. The van der Waals surface area contributed by atoms with Gasteiger partial charge in [-0.2, -0.15) is 9.29 Å². The number of imidazole rings is 1. The van der Waals surface area contributed by atoms with E-state index in [0.29, 0.717) is 12.2 Å². The first-order valence-electron chi connectivity index (χ1n) is 7.85. The molecule has 132 valence electrons. The molecule has 1 N–H and O–H groups in total. The molecular weight excluding hydrogens is 334 g/mol. The summed E-state index contributed by atoms with van der Waals surface area (Å²) >= 11 is 0. The smallest absolute Gasteiger partial charge is 0.262 e. The van der Waals surface area contributed by atoms with Crippen LogP contribution in [0, 0.1) is 0 Å². The van der Waals surface area contributed by atoms with Crippen LogP contribution in [0.5, 0.6) is 0 Å². The summed E-state index contributed by atoms with van der Waals surface area (Å²) in [6.07, 6.45) is 3.77. The average Bonchev–Trinajstić information content (AvgIpc) is 3.26. The number of nitrogens with zero attached hydrogens (tertiary/aromatic N) is 5. The Labute approximate surface area is 140 Å². The second kappa shape index (κ2) is 5.94. The first-order valence-corrected chi connectivity index (χ1v) is 9.29. The topological polar surface area (TPSA) is 114 Å². The van der Waals surface area contributed by atoms with Crippen LogP contribution >= 0.6 is 0 Å². The number of hydrogen-bond acceptors (Lipinski definition) is 7. The molecule has 0 aliphatic carbocycles. The van der Waals surface area contributed by atoms with Crippen LogP contribution in [0.25, 0.3) is 0 Å². The van der Waals surface area contributed by atoms with E-state index in [1.54, 1.807) is 4.57 Å². The van der Waals surface area contributed by atoms with Crippen LogP contribution in [0.4, 0.5) is 0 Å². The maximum atomic E-state index is 12.7. The molecule has 1 atom stereocenters. The lowest BCUT2D eigenvalue weighted by molar-refractivity contribution is 0.0194. The third-order valence-corrected chi connectivity index (χ3v) is 5.90. The van der Waals surface area contributed by atoms with Crippen molar-refractivity contribution in [2.45, 2.75) is 50.3 Å². The van der Waals surface area contributed by atoms with Gasteiger partial charge in [-0.05, 0) is 13.8 Å². The second-order valence-electron chi connectivity index (χ2n) is 6.24. The molecule has 2 aromatic rings. The van der Waals surface area contributed by atoms with Crippen LogP contribution in [0.1, 0.15) is 44.9 Å². The molecule has 0 bridgehead atoms. The predicted octanol–water partition coefficient (Wildman–Crippen LogP) is 0.692. The molecule has 9 nitrogen and oxygen atoms in total. The molecule has 0 radical (unpaired) electrons. The zero-order chi connectivity index (χ0) is 17.5. The highest BCUT2D eigenvalue weighted by Crippen LogP contribution is 2.33. The minimum atomic E-state index is -3.78. The molecule has 3 rings (SSSR count). The number of β-amino-alcohol motifs (C(OH)–C–C–N with tert-alkyl or cyclic N) is 1. The van der Waals surface area contributed by atoms with Gasteiger partial charge in [-0.15, -0.1) is 0 Å². The van der Waals surface area contributed by atoms with Crippen LogP contribution in [0.15, 0.2) is 22.1 Å². The van der Waals surface area contributed by atoms with E-state index in [1.807, 2.05) is 20.8 Å². The maximum Gasteiger partial charge on any atom is 0.262 e. The SMILES string of the molecule is CCc1noc(C2(O)CCN(S(=O)(=O)c3cn(C(C)C)cn3)C2)n1. The molecule has 1 unspecified atom stereocenters. The van der Waals surface area contributed by atoms with E-state index in [2.05, 4.69) is 15.1 Å². The van der Waals surface area contributed by atoms with Gasteiger partial charge in [0.15, 0.2) is 16.5 Å². The fraction of sp³-hybridized carbons (Fsp3) is 0.643. The van der Waals surface area contributed by atoms with E-state index in [1.165, 1.54) is 16.8 Å². The van der Waals surface area contributed by atoms with Crippen molar-refractivity contribution in [3.63, 3.8) is 0 Å². The van der Waals surface area contributed by atoms with Crippen molar-refractivity contribution in [3.8, 4) is 0 Å². The molecule has 3 heterocycles. The lowest BCUT2D eigenvalue weighted by atomic mass is 10.0. The highest BCUT2D eigenvalue weighted by molar-refractivity contribution is 7.89. The highest BCUT2D eigenvalue weighted by atomic mass is 32.2. The highest BCUT2D eigenvalue weighted by Gasteiger charge is 2.47. The van der Waals surface area contributed by atoms with Gasteiger partial charge in [-0.3, -0.25) is 0 Å². The lowest BCUT2D eigenvalue weighted by Crippen LogP contribution is -2.34. The molecule has 24 heavy (non-hydrogen) atoms. The summed E-state index contributed by atoms with van der Waals surface area (Å²) in [6.45, 7) is 5.78. The first kappa shape index (κ1) is 17.1. The molecule has 1 saturated heterocycles. The van der Waals surface area contributed by atoms with Crippen molar-refractivity contribution in [1.82, 2.24) is 24.0 Å². The molecule has 10 heteroatoms. The van der Waals surface area contributed by atoms with Crippen LogP contribution in [0.2, 0.25) is 0 Å². The molecule has 1 fully saturated rings. The molecular formula is C14H21N5O4S. The van der Waals surface area contributed by atoms with Gasteiger partial charge in [0, 0.05) is 31.6 Å². The number of aliphatic hydroxyl groups is 1. The quantitative estimate of drug-likeness (QED) is 0.839. The van der Waals surface area contributed by atoms with Crippen LogP contribution in [-0.4, -0.2) is 50.6 Å². The maximum absolute atomic E-state index is 12.7. The van der Waals surface area contributed by atoms with E-state index in [-0.39, 0.29) is 36.5 Å². The van der Waals surface area contributed by atoms with Crippen molar-refractivity contribution < 1.29 is 18.0 Å². The van der Waals surface area contributed by atoms with Gasteiger partial charge in [0.25, 0.3) is 15.9 Å². The minimum absolute atomic E-state index is 0.0276. The Morgan fingerprint density at radius 2 is 2.21 bits per heavy atom. The van der Waals surface area contributed by atoms with Crippen molar-refractivity contribution in [1.29, 1.82) is 0 Å². The van der Waals surface area contributed by atoms with Crippen molar-refractivity contribution in [3.05, 3.63) is 24.2 Å². The molecule has 1 aliphatic heterocycles. The first-order chi connectivity index (χ1) is 11.3. The zero-order valence-electron chi connectivity index (χ0n) is 13.9. The van der Waals surface area contributed by atoms with Gasteiger partial charge in [0.2, 0.25) is 0 Å². The minimum Gasteiger partial charge on any atom is -0.379 e. The average molecular weight is 355 g/mol. The van der Waals surface area contributed by atoms with Crippen LogP contribution < -0.4 is 0 Å². The number of aryl methyl sites for hydroxylation is 1. The van der Waals surface area contributed by atoms with E-state index in [9.17, 15) is 13.5 Å². The monoisotopic (exact) mass is 355 g/mol. The molecule has 2 aromatic heterocycles. The predicted molar refractivity (Wildman–Crippen MR) is 83.6 cm³/mol. The van der Waals surface area contributed by atoms with Gasteiger partial charge < -0.3 is 14.2 Å². The Balaban J connectivity index is 1.83. The summed E-state index contributed by atoms with van der Waals surface area (Å²) in [5.41, 5.74) is -1.46. The van der Waals surface area contributed by atoms with Gasteiger partial charge in [0.1, 0.15) is 0 Å². The summed E-state index contributed by atoms with van der Waals surface area (Å²) in [6, 6.07) is 0.114. The van der Waals surface area contributed by atoms with Crippen molar-refractivity contribution >= 4 is 10.0 Å². The van der Waals surface area contributed by atoms with E-state index in [4.69, 9.17) is 4.52 Å². The number of hydrogen-bond donors (Lipinski definition) is 1. The normalized spacial score (nSPS) is 22.5. The molecule has 0 saturated carbocycles. The van der Waals surface area contributed by atoms with Crippen molar-refractivity contribution in [2.24, 2.45) is 0 Å². The Bertz CT molecular complexity index is 828. The fourth-order valence-electron chi connectivity index (χ4n) is 2.59. The number of aromatic nitrogens is 4. The molecule has 0 spiro atoms. The van der Waals surface area contributed by atoms with Gasteiger partial charge in [-0.25, -0.2) is 13.4 Å². The van der Waals surface area contributed by atoms with Crippen molar-refractivity contribution in [2.75, 3.05) is 13.1 Å². The largest absolute Gasteiger partial charge is 0.379 e. The summed E-state index contributed by atoms with van der Waals surface area (Å²) < 4.78 is 33.5. The molecule has 0 amide bonds. The van der Waals surface area contributed by atoms with Gasteiger partial charge in [0.05, 0.1) is 12.9 Å². The summed E-state index contributed by atoms with van der Waals surface area (Å²) in [5.74, 6) is 0.542. The fourth-order valence-corrected chi connectivity index (χ4v) is 4.01. The third-order valence-electron chi connectivity index (χ3n) is 4.17.